The molecule has 0 radical (unpaired) electrons. The molecule has 0 aromatic rings. The van der Waals surface area contributed by atoms with Gasteiger partial charge in [0.1, 0.15) is 0 Å². The van der Waals surface area contributed by atoms with Gasteiger partial charge in [-0.2, -0.15) is 0 Å². The minimum absolute atomic E-state index is 0.0206. The molecule has 0 aliphatic carbocycles. The van der Waals surface area contributed by atoms with Crippen molar-refractivity contribution in [3.05, 3.63) is 0 Å². The lowest BCUT2D eigenvalue weighted by molar-refractivity contribution is -0.135. The smallest absolute Gasteiger partial charge is 0.240 e. The van der Waals surface area contributed by atoms with Gasteiger partial charge < -0.3 is 20.6 Å². The van der Waals surface area contributed by atoms with Crippen LogP contribution in [0.15, 0.2) is 0 Å². The van der Waals surface area contributed by atoms with E-state index >= 15 is 0 Å². The first-order valence-corrected chi connectivity index (χ1v) is 6.75. The highest BCUT2D eigenvalue weighted by Crippen LogP contribution is 2.21. The van der Waals surface area contributed by atoms with Gasteiger partial charge >= 0.3 is 0 Å². The first kappa shape index (κ1) is 15.4. The molecule has 1 heterocycles. The number of likely N-dealkylation sites (tertiary alicyclic amines) is 1. The molecule has 1 aliphatic rings. The number of amides is 1. The molecule has 4 unspecified atom stereocenters. The topological polar surface area (TPSA) is 69.8 Å². The van der Waals surface area contributed by atoms with Crippen molar-refractivity contribution < 1.29 is 9.90 Å². The Labute approximate surface area is 110 Å². The van der Waals surface area contributed by atoms with Crippen LogP contribution in [0.3, 0.4) is 0 Å². The fourth-order valence-electron chi connectivity index (χ4n) is 2.45. The summed E-state index contributed by atoms with van der Waals surface area (Å²) in [6.07, 6.45) is 1.13. The van der Waals surface area contributed by atoms with Crippen LogP contribution in [0.1, 0.15) is 26.7 Å². The maximum Gasteiger partial charge on any atom is 0.240 e. The highest BCUT2D eigenvalue weighted by molar-refractivity contribution is 5.82. The summed E-state index contributed by atoms with van der Waals surface area (Å²) in [4.78, 5) is 16.2. The Morgan fingerprint density at radius 1 is 1.56 bits per heavy atom. The third-order valence-electron chi connectivity index (χ3n) is 3.79. The highest BCUT2D eigenvalue weighted by atomic mass is 16.3. The molecule has 0 spiro atoms. The van der Waals surface area contributed by atoms with Gasteiger partial charge in [-0.25, -0.2) is 0 Å². The van der Waals surface area contributed by atoms with Crippen LogP contribution >= 0.6 is 0 Å². The standard InChI is InChI=1S/C13H27N3O2/c1-5-9(2)12(14)13(18)16-8-11(17)6-10(16)7-15(3)4/h9-12,17H,5-8,14H2,1-4H3. The van der Waals surface area contributed by atoms with Crippen molar-refractivity contribution in [2.75, 3.05) is 27.2 Å². The zero-order chi connectivity index (χ0) is 13.9. The molecular weight excluding hydrogens is 230 g/mol. The van der Waals surface area contributed by atoms with Gasteiger partial charge in [-0.15, -0.1) is 0 Å². The fourth-order valence-corrected chi connectivity index (χ4v) is 2.45. The van der Waals surface area contributed by atoms with E-state index in [1.807, 2.05) is 32.8 Å². The third kappa shape index (κ3) is 3.67. The Morgan fingerprint density at radius 3 is 2.67 bits per heavy atom. The minimum atomic E-state index is -0.454. The number of likely N-dealkylation sites (N-methyl/N-ethyl adjacent to an activating group) is 1. The van der Waals surface area contributed by atoms with E-state index in [0.29, 0.717) is 13.0 Å². The molecule has 5 nitrogen and oxygen atoms in total. The van der Waals surface area contributed by atoms with E-state index in [-0.39, 0.29) is 17.9 Å². The summed E-state index contributed by atoms with van der Waals surface area (Å²) in [5, 5.41) is 9.76. The Balaban J connectivity index is 2.70. The van der Waals surface area contributed by atoms with Crippen LogP contribution in [0.5, 0.6) is 0 Å². The Bertz CT molecular complexity index is 283. The number of carbonyl (C=O) groups excluding carboxylic acids is 1. The van der Waals surface area contributed by atoms with Gasteiger partial charge in [0.15, 0.2) is 0 Å². The van der Waals surface area contributed by atoms with Crippen molar-refractivity contribution in [1.29, 1.82) is 0 Å². The molecule has 0 aromatic carbocycles. The van der Waals surface area contributed by atoms with Crippen molar-refractivity contribution in [1.82, 2.24) is 9.80 Å². The second-order valence-corrected chi connectivity index (χ2v) is 5.71. The summed E-state index contributed by atoms with van der Waals surface area (Å²) in [7, 11) is 3.95. The van der Waals surface area contributed by atoms with Crippen LogP contribution in [0.25, 0.3) is 0 Å². The van der Waals surface area contributed by atoms with Gasteiger partial charge in [0.2, 0.25) is 5.91 Å². The van der Waals surface area contributed by atoms with Gasteiger partial charge in [-0.05, 0) is 26.4 Å². The molecule has 0 aromatic heterocycles. The molecule has 1 amide bonds. The van der Waals surface area contributed by atoms with E-state index < -0.39 is 12.1 Å². The molecule has 1 fully saturated rings. The van der Waals surface area contributed by atoms with Gasteiger partial charge in [0.25, 0.3) is 0 Å². The molecule has 5 heteroatoms. The number of hydrogen-bond acceptors (Lipinski definition) is 4. The number of nitrogens with two attached hydrogens (primary N) is 1. The lowest BCUT2D eigenvalue weighted by Crippen LogP contribution is -2.51. The third-order valence-corrected chi connectivity index (χ3v) is 3.79. The van der Waals surface area contributed by atoms with Crippen molar-refractivity contribution in [2.24, 2.45) is 11.7 Å². The summed E-state index contributed by atoms with van der Waals surface area (Å²) in [5.74, 6) is 0.156. The average Bonchev–Trinajstić information content (AvgIpc) is 2.66. The first-order valence-electron chi connectivity index (χ1n) is 6.75. The highest BCUT2D eigenvalue weighted by Gasteiger charge is 2.37. The summed E-state index contributed by atoms with van der Waals surface area (Å²) in [6, 6.07) is -0.373. The van der Waals surface area contributed by atoms with Crippen LogP contribution in [-0.2, 0) is 4.79 Å². The number of β-amino-alcohol motifs (C(OH)–C–C–N with tert-alkyl or cyclic N) is 1. The molecule has 4 atom stereocenters. The van der Waals surface area contributed by atoms with Gasteiger partial charge in [0.05, 0.1) is 12.1 Å². The Morgan fingerprint density at radius 2 is 2.17 bits per heavy atom. The zero-order valence-corrected chi connectivity index (χ0v) is 12.0. The summed E-state index contributed by atoms with van der Waals surface area (Å²) < 4.78 is 0. The number of nitrogens with zero attached hydrogens (tertiary/aromatic N) is 2. The number of aliphatic hydroxyl groups is 1. The minimum Gasteiger partial charge on any atom is -0.391 e. The molecule has 0 bridgehead atoms. The van der Waals surface area contributed by atoms with E-state index in [4.69, 9.17) is 5.73 Å². The maximum absolute atomic E-state index is 12.4. The second-order valence-electron chi connectivity index (χ2n) is 5.71. The van der Waals surface area contributed by atoms with Gasteiger partial charge in [-0.3, -0.25) is 4.79 Å². The quantitative estimate of drug-likeness (QED) is 0.720. The first-order chi connectivity index (χ1) is 8.36. The summed E-state index contributed by atoms with van der Waals surface area (Å²) in [6.45, 7) is 5.22. The second kappa shape index (κ2) is 6.50. The lowest BCUT2D eigenvalue weighted by atomic mass is 9.98. The number of carbonyl (C=O) groups is 1. The Hall–Kier alpha value is -0.650. The van der Waals surface area contributed by atoms with Gasteiger partial charge in [-0.1, -0.05) is 20.3 Å². The molecule has 0 saturated carbocycles. The van der Waals surface area contributed by atoms with E-state index in [1.165, 1.54) is 0 Å². The average molecular weight is 257 g/mol. The molecule has 1 aliphatic heterocycles. The van der Waals surface area contributed by atoms with Crippen molar-refractivity contribution in [2.45, 2.75) is 44.9 Å². The van der Waals surface area contributed by atoms with E-state index in [2.05, 4.69) is 0 Å². The van der Waals surface area contributed by atoms with E-state index in [0.717, 1.165) is 13.0 Å². The molecule has 106 valence electrons. The van der Waals surface area contributed by atoms with Crippen LogP contribution in [0.2, 0.25) is 0 Å². The Kier molecular flexibility index (Phi) is 5.56. The summed E-state index contributed by atoms with van der Waals surface area (Å²) in [5.41, 5.74) is 6.00. The number of rotatable bonds is 5. The predicted molar refractivity (Wildman–Crippen MR) is 72.1 cm³/mol. The van der Waals surface area contributed by atoms with Crippen molar-refractivity contribution in [3.63, 3.8) is 0 Å². The molecule has 3 N–H and O–H groups in total. The van der Waals surface area contributed by atoms with Crippen molar-refractivity contribution in [3.8, 4) is 0 Å². The van der Waals surface area contributed by atoms with Crippen LogP contribution < -0.4 is 5.73 Å². The molecule has 18 heavy (non-hydrogen) atoms. The SMILES string of the molecule is CCC(C)C(N)C(=O)N1CC(O)CC1CN(C)C. The van der Waals surface area contributed by atoms with Crippen LogP contribution in [0.4, 0.5) is 0 Å². The molecule has 1 saturated heterocycles. The maximum atomic E-state index is 12.4. The zero-order valence-electron chi connectivity index (χ0n) is 12.0. The number of aliphatic hydroxyl groups excluding tert-OH is 1. The van der Waals surface area contributed by atoms with Crippen molar-refractivity contribution >= 4 is 5.91 Å². The van der Waals surface area contributed by atoms with E-state index in [1.54, 1.807) is 4.90 Å². The monoisotopic (exact) mass is 257 g/mol. The van der Waals surface area contributed by atoms with Gasteiger partial charge in [0, 0.05) is 19.1 Å². The normalized spacial score (nSPS) is 27.6. The van der Waals surface area contributed by atoms with E-state index in [9.17, 15) is 9.90 Å². The summed E-state index contributed by atoms with van der Waals surface area (Å²) >= 11 is 0. The molecular formula is C13H27N3O2. The number of hydrogen-bond donors (Lipinski definition) is 2. The molecule has 1 rings (SSSR count). The van der Waals surface area contributed by atoms with Crippen LogP contribution in [0, 0.1) is 5.92 Å². The lowest BCUT2D eigenvalue weighted by Gasteiger charge is -2.30. The largest absolute Gasteiger partial charge is 0.391 e. The van der Waals surface area contributed by atoms with Crippen LogP contribution in [-0.4, -0.2) is 66.2 Å². The fraction of sp³-hybridized carbons (Fsp3) is 0.923. The predicted octanol–water partition coefficient (Wildman–Crippen LogP) is -0.117.